The summed E-state index contributed by atoms with van der Waals surface area (Å²) in [6.07, 6.45) is 0. The van der Waals surface area contributed by atoms with Crippen molar-refractivity contribution in [2.75, 3.05) is 18.0 Å². The summed E-state index contributed by atoms with van der Waals surface area (Å²) in [4.78, 5) is 25.9. The van der Waals surface area contributed by atoms with Crippen LogP contribution in [0.15, 0.2) is 48.5 Å². The number of rotatable bonds is 6. The van der Waals surface area contributed by atoms with Gasteiger partial charge in [-0.25, -0.2) is 4.79 Å². The van der Waals surface area contributed by atoms with Crippen LogP contribution in [0.2, 0.25) is 0 Å². The topological polar surface area (TPSA) is 70.7 Å². The van der Waals surface area contributed by atoms with E-state index in [0.717, 1.165) is 5.56 Å². The van der Waals surface area contributed by atoms with Crippen molar-refractivity contribution in [1.29, 1.82) is 0 Å². The van der Waals surface area contributed by atoms with Crippen molar-refractivity contribution >= 4 is 17.6 Å². The van der Waals surface area contributed by atoms with Gasteiger partial charge < -0.3 is 15.4 Å². The molecule has 1 atom stereocenters. The maximum Gasteiger partial charge on any atom is 0.387 e. The molecule has 6 nitrogen and oxygen atoms in total. The van der Waals surface area contributed by atoms with Crippen molar-refractivity contribution in [2.45, 2.75) is 19.6 Å². The summed E-state index contributed by atoms with van der Waals surface area (Å²) in [5.74, 6) is -0.235. The summed E-state index contributed by atoms with van der Waals surface area (Å²) in [5, 5.41) is 5.57. The predicted molar refractivity (Wildman–Crippen MR) is 96.1 cm³/mol. The molecular weight excluding hydrogens is 356 g/mol. The number of amides is 3. The predicted octanol–water partition coefficient (Wildman–Crippen LogP) is 3.31. The van der Waals surface area contributed by atoms with Crippen molar-refractivity contribution in [3.05, 3.63) is 59.7 Å². The van der Waals surface area contributed by atoms with E-state index in [4.69, 9.17) is 0 Å². The smallest absolute Gasteiger partial charge is 0.387 e. The molecule has 1 aliphatic rings. The van der Waals surface area contributed by atoms with Crippen LogP contribution in [0.25, 0.3) is 0 Å². The van der Waals surface area contributed by atoms with Crippen molar-refractivity contribution < 1.29 is 23.1 Å². The zero-order chi connectivity index (χ0) is 19.4. The maximum atomic E-state index is 12.5. The SMILES string of the molecule is CC(NC(=O)c1cccc(N2CCNC2=O)c1)c1ccc(OC(F)F)cc1. The van der Waals surface area contributed by atoms with Crippen LogP contribution in [0.1, 0.15) is 28.9 Å². The van der Waals surface area contributed by atoms with Gasteiger partial charge in [-0.15, -0.1) is 0 Å². The Bertz CT molecular complexity index is 827. The first-order chi connectivity index (χ1) is 12.9. The second-order valence-electron chi connectivity index (χ2n) is 6.08. The lowest BCUT2D eigenvalue weighted by molar-refractivity contribution is -0.0498. The van der Waals surface area contributed by atoms with E-state index in [1.54, 1.807) is 48.2 Å². The van der Waals surface area contributed by atoms with Gasteiger partial charge in [-0.05, 0) is 42.8 Å². The first-order valence-corrected chi connectivity index (χ1v) is 8.45. The number of alkyl halides is 2. The quantitative estimate of drug-likeness (QED) is 0.814. The minimum absolute atomic E-state index is 0.0591. The molecule has 27 heavy (non-hydrogen) atoms. The molecule has 0 aliphatic carbocycles. The Morgan fingerprint density at radius 3 is 2.59 bits per heavy atom. The molecular formula is C19H19F2N3O3. The molecule has 142 valence electrons. The number of benzene rings is 2. The molecule has 0 radical (unpaired) electrons. The highest BCUT2D eigenvalue weighted by atomic mass is 19.3. The third-order valence-corrected chi connectivity index (χ3v) is 4.23. The van der Waals surface area contributed by atoms with Crippen LogP contribution in [0.5, 0.6) is 5.75 Å². The molecule has 2 aromatic carbocycles. The van der Waals surface area contributed by atoms with Gasteiger partial charge in [0.2, 0.25) is 0 Å². The largest absolute Gasteiger partial charge is 0.435 e. The van der Waals surface area contributed by atoms with Crippen LogP contribution in [0.3, 0.4) is 0 Å². The molecule has 1 heterocycles. The van der Waals surface area contributed by atoms with E-state index < -0.39 is 6.61 Å². The lowest BCUT2D eigenvalue weighted by Gasteiger charge is -2.17. The van der Waals surface area contributed by atoms with Crippen LogP contribution >= 0.6 is 0 Å². The van der Waals surface area contributed by atoms with Crippen LogP contribution in [0.4, 0.5) is 19.3 Å². The van der Waals surface area contributed by atoms with E-state index in [1.165, 1.54) is 12.1 Å². The standard InChI is InChI=1S/C19H19F2N3O3/c1-12(13-5-7-16(8-6-13)27-18(20)21)23-17(25)14-3-2-4-15(11-14)24-10-9-22-19(24)26/h2-8,11-12,18H,9-10H2,1H3,(H,22,26)(H,23,25). The number of halogens is 2. The summed E-state index contributed by atoms with van der Waals surface area (Å²) >= 11 is 0. The van der Waals surface area contributed by atoms with Gasteiger partial charge in [0.1, 0.15) is 5.75 Å². The number of carbonyl (C=O) groups excluding carboxylic acids is 2. The van der Waals surface area contributed by atoms with Crippen molar-refractivity contribution in [3.8, 4) is 5.75 Å². The van der Waals surface area contributed by atoms with E-state index in [1.807, 2.05) is 0 Å². The first kappa shape index (κ1) is 18.6. The fraction of sp³-hybridized carbons (Fsp3) is 0.263. The molecule has 0 bridgehead atoms. The van der Waals surface area contributed by atoms with Crippen molar-refractivity contribution in [2.24, 2.45) is 0 Å². The lowest BCUT2D eigenvalue weighted by Crippen LogP contribution is -2.29. The molecule has 3 amide bonds. The van der Waals surface area contributed by atoms with Gasteiger partial charge in [-0.2, -0.15) is 8.78 Å². The van der Waals surface area contributed by atoms with Crippen LogP contribution in [-0.2, 0) is 0 Å². The molecule has 0 saturated carbocycles. The fourth-order valence-electron chi connectivity index (χ4n) is 2.83. The van der Waals surface area contributed by atoms with E-state index in [9.17, 15) is 18.4 Å². The normalized spacial score (nSPS) is 14.8. The van der Waals surface area contributed by atoms with Gasteiger partial charge in [-0.1, -0.05) is 18.2 Å². The third kappa shape index (κ3) is 4.52. The zero-order valence-electron chi connectivity index (χ0n) is 14.6. The Morgan fingerprint density at radius 1 is 1.22 bits per heavy atom. The maximum absolute atomic E-state index is 12.5. The number of hydrogen-bond acceptors (Lipinski definition) is 3. The van der Waals surface area contributed by atoms with Gasteiger partial charge in [0.25, 0.3) is 5.91 Å². The number of urea groups is 1. The van der Waals surface area contributed by atoms with Crippen LogP contribution < -0.4 is 20.3 Å². The lowest BCUT2D eigenvalue weighted by atomic mass is 10.1. The van der Waals surface area contributed by atoms with Gasteiger partial charge in [0.05, 0.1) is 6.04 Å². The van der Waals surface area contributed by atoms with Gasteiger partial charge >= 0.3 is 12.6 Å². The van der Waals surface area contributed by atoms with E-state index in [2.05, 4.69) is 15.4 Å². The fourth-order valence-corrected chi connectivity index (χ4v) is 2.83. The van der Waals surface area contributed by atoms with Crippen LogP contribution in [0, 0.1) is 0 Å². The van der Waals surface area contributed by atoms with Crippen LogP contribution in [-0.4, -0.2) is 31.6 Å². The molecule has 3 rings (SSSR count). The van der Waals surface area contributed by atoms with Crippen molar-refractivity contribution in [3.63, 3.8) is 0 Å². The third-order valence-electron chi connectivity index (χ3n) is 4.23. The molecule has 2 N–H and O–H groups in total. The monoisotopic (exact) mass is 375 g/mol. The Kier molecular flexibility index (Phi) is 5.54. The molecule has 1 unspecified atom stereocenters. The summed E-state index contributed by atoms with van der Waals surface area (Å²) in [6.45, 7) is 0.0294. The van der Waals surface area contributed by atoms with Gasteiger partial charge in [0, 0.05) is 24.3 Å². The number of hydrogen-bond donors (Lipinski definition) is 2. The number of anilines is 1. The Hall–Kier alpha value is -3.16. The summed E-state index contributed by atoms with van der Waals surface area (Å²) in [6, 6.07) is 12.4. The number of nitrogens with one attached hydrogen (secondary N) is 2. The highest BCUT2D eigenvalue weighted by Crippen LogP contribution is 2.21. The second kappa shape index (κ2) is 8.03. The minimum Gasteiger partial charge on any atom is -0.435 e. The molecule has 1 saturated heterocycles. The Labute approximate surface area is 155 Å². The Morgan fingerprint density at radius 2 is 1.96 bits per heavy atom. The molecule has 0 spiro atoms. The number of carbonyl (C=O) groups is 2. The Balaban J connectivity index is 1.67. The zero-order valence-corrected chi connectivity index (χ0v) is 14.6. The molecule has 0 aromatic heterocycles. The summed E-state index contributed by atoms with van der Waals surface area (Å²) in [7, 11) is 0. The average Bonchev–Trinajstić information content (AvgIpc) is 3.08. The average molecular weight is 375 g/mol. The highest BCUT2D eigenvalue weighted by Gasteiger charge is 2.22. The molecule has 1 aliphatic heterocycles. The summed E-state index contributed by atoms with van der Waals surface area (Å²) < 4.78 is 28.7. The van der Waals surface area contributed by atoms with Crippen molar-refractivity contribution in [1.82, 2.24) is 10.6 Å². The summed E-state index contributed by atoms with van der Waals surface area (Å²) in [5.41, 5.74) is 1.83. The molecule has 8 heteroatoms. The first-order valence-electron chi connectivity index (χ1n) is 8.45. The molecule has 1 fully saturated rings. The molecule has 2 aromatic rings. The van der Waals surface area contributed by atoms with E-state index in [-0.39, 0.29) is 23.7 Å². The van der Waals surface area contributed by atoms with Gasteiger partial charge in [0.15, 0.2) is 0 Å². The van der Waals surface area contributed by atoms with E-state index in [0.29, 0.717) is 24.3 Å². The highest BCUT2D eigenvalue weighted by molar-refractivity contribution is 5.98. The van der Waals surface area contributed by atoms with Gasteiger partial charge in [-0.3, -0.25) is 9.69 Å². The number of ether oxygens (including phenoxy) is 1. The second-order valence-corrected chi connectivity index (χ2v) is 6.08. The number of nitrogens with zero attached hydrogens (tertiary/aromatic N) is 1. The minimum atomic E-state index is -2.88. The van der Waals surface area contributed by atoms with E-state index >= 15 is 0 Å².